The quantitative estimate of drug-likeness (QED) is 0.646. The van der Waals surface area contributed by atoms with Crippen molar-refractivity contribution >= 4 is 5.97 Å². The number of carbonyl (C=O) groups excluding carboxylic acids is 1. The third-order valence-corrected chi connectivity index (χ3v) is 3.65. The minimum atomic E-state index is -0.261. The molecule has 0 unspecified atom stereocenters. The van der Waals surface area contributed by atoms with Crippen LogP contribution in [0.3, 0.4) is 0 Å². The Bertz CT molecular complexity index is 446. The molecule has 104 valence electrons. The van der Waals surface area contributed by atoms with Gasteiger partial charge in [0.1, 0.15) is 0 Å². The molecule has 0 aromatic heterocycles. The Balaban J connectivity index is 2.03. The Morgan fingerprint density at radius 3 is 2.95 bits per heavy atom. The van der Waals surface area contributed by atoms with Gasteiger partial charge in [0.05, 0.1) is 12.7 Å². The van der Waals surface area contributed by atoms with Crippen LogP contribution in [0.4, 0.5) is 0 Å². The average Bonchev–Trinajstić information content (AvgIpc) is 2.46. The van der Waals surface area contributed by atoms with Crippen molar-refractivity contribution in [2.24, 2.45) is 5.73 Å². The third kappa shape index (κ3) is 3.55. The summed E-state index contributed by atoms with van der Waals surface area (Å²) in [7, 11) is 1.42. The summed E-state index contributed by atoms with van der Waals surface area (Å²) in [5.74, 6) is -0.261. The Hall–Kier alpha value is -1.39. The number of unbranched alkanes of at least 4 members (excludes halogenated alkanes) is 1. The van der Waals surface area contributed by atoms with Crippen LogP contribution in [0.1, 0.15) is 34.3 Å². The number of esters is 1. The van der Waals surface area contributed by atoms with Crippen molar-refractivity contribution < 1.29 is 9.53 Å². The molecule has 0 saturated carbocycles. The molecule has 1 aromatic rings. The van der Waals surface area contributed by atoms with Crippen molar-refractivity contribution in [2.45, 2.75) is 25.8 Å². The first-order valence-electron chi connectivity index (χ1n) is 6.87. The molecule has 0 atom stereocenters. The predicted octanol–water partition coefficient (Wildman–Crippen LogP) is 1.57. The average molecular weight is 262 g/mol. The summed E-state index contributed by atoms with van der Waals surface area (Å²) >= 11 is 0. The van der Waals surface area contributed by atoms with Gasteiger partial charge < -0.3 is 10.5 Å². The van der Waals surface area contributed by atoms with E-state index >= 15 is 0 Å². The zero-order valence-electron chi connectivity index (χ0n) is 11.5. The molecule has 2 rings (SSSR count). The van der Waals surface area contributed by atoms with Gasteiger partial charge in [-0.2, -0.15) is 0 Å². The van der Waals surface area contributed by atoms with E-state index < -0.39 is 0 Å². The first-order chi connectivity index (χ1) is 9.24. The van der Waals surface area contributed by atoms with Gasteiger partial charge in [0.25, 0.3) is 0 Å². The Kier molecular flexibility index (Phi) is 4.93. The van der Waals surface area contributed by atoms with Gasteiger partial charge in [0.2, 0.25) is 0 Å². The van der Waals surface area contributed by atoms with Crippen molar-refractivity contribution in [1.29, 1.82) is 0 Å². The molecular weight excluding hydrogens is 240 g/mol. The van der Waals surface area contributed by atoms with E-state index in [1.54, 1.807) is 0 Å². The minimum Gasteiger partial charge on any atom is -0.465 e. The number of carbonyl (C=O) groups is 1. The second-order valence-corrected chi connectivity index (χ2v) is 5.00. The molecule has 1 heterocycles. The largest absolute Gasteiger partial charge is 0.465 e. The van der Waals surface area contributed by atoms with Crippen LogP contribution >= 0.6 is 0 Å². The molecule has 0 radical (unpaired) electrons. The molecule has 1 aliphatic heterocycles. The SMILES string of the molecule is COC(=O)c1ccc2c(c1)CN(CCCCN)CC2. The van der Waals surface area contributed by atoms with Crippen molar-refractivity contribution in [3.8, 4) is 0 Å². The van der Waals surface area contributed by atoms with E-state index in [9.17, 15) is 4.79 Å². The predicted molar refractivity (Wildman–Crippen MR) is 75.1 cm³/mol. The number of nitrogens with two attached hydrogens (primary N) is 1. The number of ether oxygens (including phenoxy) is 1. The molecule has 4 heteroatoms. The first kappa shape index (κ1) is 14.0. The van der Waals surface area contributed by atoms with Gasteiger partial charge >= 0.3 is 5.97 Å². The van der Waals surface area contributed by atoms with Crippen LogP contribution < -0.4 is 5.73 Å². The Morgan fingerprint density at radius 1 is 1.37 bits per heavy atom. The number of methoxy groups -OCH3 is 1. The van der Waals surface area contributed by atoms with E-state index in [0.717, 1.165) is 45.4 Å². The zero-order valence-corrected chi connectivity index (χ0v) is 11.5. The highest BCUT2D eigenvalue weighted by Gasteiger charge is 2.17. The maximum absolute atomic E-state index is 11.5. The number of rotatable bonds is 5. The smallest absolute Gasteiger partial charge is 0.337 e. The van der Waals surface area contributed by atoms with Crippen molar-refractivity contribution in [3.63, 3.8) is 0 Å². The monoisotopic (exact) mass is 262 g/mol. The van der Waals surface area contributed by atoms with Crippen LogP contribution in [0.2, 0.25) is 0 Å². The van der Waals surface area contributed by atoms with E-state index in [4.69, 9.17) is 10.5 Å². The van der Waals surface area contributed by atoms with Crippen molar-refractivity contribution in [1.82, 2.24) is 4.90 Å². The lowest BCUT2D eigenvalue weighted by molar-refractivity contribution is 0.0600. The maximum Gasteiger partial charge on any atom is 0.337 e. The van der Waals surface area contributed by atoms with Crippen LogP contribution in [-0.2, 0) is 17.7 Å². The minimum absolute atomic E-state index is 0.261. The summed E-state index contributed by atoms with van der Waals surface area (Å²) in [6.45, 7) is 3.86. The summed E-state index contributed by atoms with van der Waals surface area (Å²) in [4.78, 5) is 14.0. The fourth-order valence-corrected chi connectivity index (χ4v) is 2.53. The number of benzene rings is 1. The van der Waals surface area contributed by atoms with Crippen molar-refractivity contribution in [3.05, 3.63) is 34.9 Å². The summed E-state index contributed by atoms with van der Waals surface area (Å²) in [6, 6.07) is 5.88. The Labute approximate surface area is 114 Å². The lowest BCUT2D eigenvalue weighted by atomic mass is 9.97. The summed E-state index contributed by atoms with van der Waals surface area (Å²) in [5.41, 5.74) is 8.76. The molecule has 4 nitrogen and oxygen atoms in total. The summed E-state index contributed by atoms with van der Waals surface area (Å²) in [6.07, 6.45) is 3.27. The number of nitrogens with zero attached hydrogens (tertiary/aromatic N) is 1. The van der Waals surface area contributed by atoms with E-state index in [1.165, 1.54) is 18.2 Å². The highest BCUT2D eigenvalue weighted by Crippen LogP contribution is 2.21. The first-order valence-corrected chi connectivity index (χ1v) is 6.87. The molecule has 1 aromatic carbocycles. The second kappa shape index (κ2) is 6.68. The van der Waals surface area contributed by atoms with Crippen LogP contribution in [0.5, 0.6) is 0 Å². The molecule has 0 amide bonds. The maximum atomic E-state index is 11.5. The van der Waals surface area contributed by atoms with Gasteiger partial charge in [-0.25, -0.2) is 4.79 Å². The van der Waals surface area contributed by atoms with Crippen molar-refractivity contribution in [2.75, 3.05) is 26.7 Å². The summed E-state index contributed by atoms with van der Waals surface area (Å²) < 4.78 is 4.77. The van der Waals surface area contributed by atoms with Gasteiger partial charge in [-0.15, -0.1) is 0 Å². The van der Waals surface area contributed by atoms with Crippen LogP contribution in [0.15, 0.2) is 18.2 Å². The molecule has 0 saturated heterocycles. The number of hydrogen-bond acceptors (Lipinski definition) is 4. The fraction of sp³-hybridized carbons (Fsp3) is 0.533. The second-order valence-electron chi connectivity index (χ2n) is 5.00. The molecular formula is C15H22N2O2. The van der Waals surface area contributed by atoms with Crippen LogP contribution in [0, 0.1) is 0 Å². The zero-order chi connectivity index (χ0) is 13.7. The molecule has 0 bridgehead atoms. The van der Waals surface area contributed by atoms with Crippen LogP contribution in [-0.4, -0.2) is 37.6 Å². The van der Waals surface area contributed by atoms with Gasteiger partial charge in [-0.05, 0) is 55.6 Å². The molecule has 0 fully saturated rings. The van der Waals surface area contributed by atoms with E-state index in [0.29, 0.717) is 5.56 Å². The van der Waals surface area contributed by atoms with Gasteiger partial charge in [0, 0.05) is 13.1 Å². The fourth-order valence-electron chi connectivity index (χ4n) is 2.53. The molecule has 19 heavy (non-hydrogen) atoms. The van der Waals surface area contributed by atoms with Gasteiger partial charge in [-0.1, -0.05) is 6.07 Å². The topological polar surface area (TPSA) is 55.6 Å². The normalized spacial score (nSPS) is 15.1. The molecule has 0 spiro atoms. The van der Waals surface area contributed by atoms with Gasteiger partial charge in [-0.3, -0.25) is 4.90 Å². The number of hydrogen-bond donors (Lipinski definition) is 1. The van der Waals surface area contributed by atoms with E-state index in [-0.39, 0.29) is 5.97 Å². The van der Waals surface area contributed by atoms with Gasteiger partial charge in [0.15, 0.2) is 0 Å². The van der Waals surface area contributed by atoms with E-state index in [1.807, 2.05) is 12.1 Å². The molecule has 2 N–H and O–H groups in total. The highest BCUT2D eigenvalue weighted by molar-refractivity contribution is 5.89. The van der Waals surface area contributed by atoms with Crippen LogP contribution in [0.25, 0.3) is 0 Å². The lowest BCUT2D eigenvalue weighted by Gasteiger charge is -2.29. The molecule has 1 aliphatic rings. The Morgan fingerprint density at radius 2 is 2.21 bits per heavy atom. The summed E-state index contributed by atoms with van der Waals surface area (Å²) in [5, 5.41) is 0. The number of fused-ring (bicyclic) bond motifs is 1. The molecule has 0 aliphatic carbocycles. The standard InChI is InChI=1S/C15H22N2O2/c1-19-15(18)13-5-4-12-6-9-17(8-3-2-7-16)11-14(12)10-13/h4-5,10H,2-3,6-9,11,16H2,1H3. The van der Waals surface area contributed by atoms with E-state index in [2.05, 4.69) is 11.0 Å². The third-order valence-electron chi connectivity index (χ3n) is 3.65. The highest BCUT2D eigenvalue weighted by atomic mass is 16.5. The lowest BCUT2D eigenvalue weighted by Crippen LogP contribution is -2.31.